The van der Waals surface area contributed by atoms with Crippen LogP contribution in [0.25, 0.3) is 0 Å². The lowest BCUT2D eigenvalue weighted by atomic mass is 9.82. The van der Waals surface area contributed by atoms with Crippen LogP contribution in [0, 0.1) is 17.7 Å². The Morgan fingerprint density at radius 2 is 1.79 bits per heavy atom. The van der Waals surface area contributed by atoms with Gasteiger partial charge in [-0.1, -0.05) is 30.3 Å². The fourth-order valence-electron chi connectivity index (χ4n) is 8.23. The Morgan fingerprint density at radius 3 is 2.42 bits per heavy atom. The zero-order valence-corrected chi connectivity index (χ0v) is 28.0. The third kappa shape index (κ3) is 7.30. The van der Waals surface area contributed by atoms with E-state index in [1.165, 1.54) is 24.3 Å². The molecule has 11 nitrogen and oxygen atoms in total. The van der Waals surface area contributed by atoms with Crippen LogP contribution < -0.4 is 10.5 Å². The van der Waals surface area contributed by atoms with E-state index in [1.54, 1.807) is 35.2 Å². The Kier molecular flexibility index (Phi) is 10.2. The summed E-state index contributed by atoms with van der Waals surface area (Å²) in [5, 5.41) is 20.4. The molecule has 0 radical (unpaired) electrons. The van der Waals surface area contributed by atoms with E-state index in [1.807, 2.05) is 4.90 Å². The molecule has 2 bridgehead atoms. The maximum absolute atomic E-state index is 14.4. The van der Waals surface area contributed by atoms with Gasteiger partial charge in [-0.3, -0.25) is 9.69 Å². The van der Waals surface area contributed by atoms with Crippen molar-refractivity contribution in [2.75, 3.05) is 39.4 Å². The Morgan fingerprint density at radius 1 is 1.10 bits per heavy atom. The maximum atomic E-state index is 14.4. The van der Waals surface area contributed by atoms with Gasteiger partial charge in [0, 0.05) is 69.4 Å². The number of carbonyl (C=O) groups excluding carboxylic acids is 2. The lowest BCUT2D eigenvalue weighted by Crippen LogP contribution is -2.55. The number of nitrogens with two attached hydrogens (primary N) is 1. The highest BCUT2D eigenvalue weighted by molar-refractivity contribution is 7.89. The molecule has 48 heavy (non-hydrogen) atoms. The number of nitrogens with zero attached hydrogens (tertiary/aromatic N) is 3. The molecule has 4 heterocycles. The molecule has 4 N–H and O–H groups in total. The Balaban J connectivity index is 1.14. The molecule has 0 aliphatic carbocycles. The number of hydrogen-bond donors (Lipinski definition) is 3. The van der Waals surface area contributed by atoms with E-state index in [9.17, 15) is 27.5 Å². The van der Waals surface area contributed by atoms with Crippen LogP contribution in [-0.4, -0.2) is 97.7 Å². The molecule has 0 saturated carbocycles. The molecule has 3 amide bonds. The Hall–Kier alpha value is -3.36. The number of amides is 3. The second kappa shape index (κ2) is 14.2. The van der Waals surface area contributed by atoms with Crippen LogP contribution in [0.5, 0.6) is 0 Å². The summed E-state index contributed by atoms with van der Waals surface area (Å²) in [7, 11) is -3.80. The molecule has 4 atom stereocenters. The summed E-state index contributed by atoms with van der Waals surface area (Å²) >= 11 is 0. The summed E-state index contributed by atoms with van der Waals surface area (Å²) in [6, 6.07) is 12.4. The molecule has 4 aliphatic rings. The van der Waals surface area contributed by atoms with Crippen LogP contribution in [0.3, 0.4) is 0 Å². The van der Waals surface area contributed by atoms with Crippen LogP contribution in [-0.2, 0) is 31.7 Å². The van der Waals surface area contributed by atoms with Gasteiger partial charge in [0.15, 0.2) is 0 Å². The molecule has 13 heteroatoms. The van der Waals surface area contributed by atoms with Crippen molar-refractivity contribution in [1.29, 1.82) is 0 Å². The number of likely N-dealkylation sites (tertiary alicyclic amines) is 1. The maximum Gasteiger partial charge on any atom is 0.318 e. The van der Waals surface area contributed by atoms with Gasteiger partial charge in [-0.2, -0.15) is 0 Å². The van der Waals surface area contributed by atoms with E-state index in [0.29, 0.717) is 51.3 Å². The van der Waals surface area contributed by atoms with E-state index < -0.39 is 21.4 Å². The zero-order valence-electron chi connectivity index (χ0n) is 27.2. The number of piperidine rings is 1. The number of β-amino-alcohol motifs (C(OH)–C–C–N with tert-alkyl or cyclic N) is 1. The number of benzene rings is 2. The third-order valence-corrected chi connectivity index (χ3v) is 11.7. The highest BCUT2D eigenvalue weighted by atomic mass is 32.2. The largest absolute Gasteiger partial charge is 0.383 e. The SMILES string of the molecule is C=CCN(C(=O)NCc1ccc(S(N)(=O)=O)cc1)C1CC2CCC(C1)N2C[C@H]1CN(C(=O)C2CCOCC2)C[C@]1(O)c1cccc(F)c1. The molecule has 2 unspecified atom stereocenters. The number of aliphatic hydroxyl groups is 1. The number of ether oxygens (including phenoxy) is 1. The van der Waals surface area contributed by atoms with E-state index >= 15 is 0 Å². The lowest BCUT2D eigenvalue weighted by Gasteiger charge is -2.45. The van der Waals surface area contributed by atoms with Gasteiger partial charge in [0.25, 0.3) is 0 Å². The smallest absolute Gasteiger partial charge is 0.318 e. The summed E-state index contributed by atoms with van der Waals surface area (Å²) in [6.07, 6.45) is 6.50. The lowest BCUT2D eigenvalue weighted by molar-refractivity contribution is -0.138. The third-order valence-electron chi connectivity index (χ3n) is 10.8. The summed E-state index contributed by atoms with van der Waals surface area (Å²) in [6.45, 7) is 6.67. The first-order valence-corrected chi connectivity index (χ1v) is 18.4. The molecular formula is C35H46FN5O6S. The minimum atomic E-state index is -3.80. The first-order valence-electron chi connectivity index (χ1n) is 16.8. The number of primary sulfonamides is 1. The highest BCUT2D eigenvalue weighted by Gasteiger charge is 2.52. The number of fused-ring (bicyclic) bond motifs is 2. The summed E-state index contributed by atoms with van der Waals surface area (Å²) in [5.74, 6) is -0.833. The molecule has 0 aromatic heterocycles. The summed E-state index contributed by atoms with van der Waals surface area (Å²) in [5.41, 5.74) is -0.151. The predicted octanol–water partition coefficient (Wildman–Crippen LogP) is 2.94. The fraction of sp³-hybridized carbons (Fsp3) is 0.543. The molecular weight excluding hydrogens is 637 g/mol. The quantitative estimate of drug-likeness (QED) is 0.327. The summed E-state index contributed by atoms with van der Waals surface area (Å²) in [4.78, 5) is 33.1. The van der Waals surface area contributed by atoms with Gasteiger partial charge in [0.05, 0.1) is 11.4 Å². The minimum absolute atomic E-state index is 0.0127. The average molecular weight is 684 g/mol. The Bertz CT molecular complexity index is 1590. The molecule has 4 saturated heterocycles. The van der Waals surface area contributed by atoms with Crippen LogP contribution in [0.4, 0.5) is 9.18 Å². The predicted molar refractivity (Wildman–Crippen MR) is 177 cm³/mol. The van der Waals surface area contributed by atoms with E-state index in [2.05, 4.69) is 16.8 Å². The van der Waals surface area contributed by atoms with Crippen molar-refractivity contribution in [2.45, 2.75) is 73.7 Å². The van der Waals surface area contributed by atoms with Crippen LogP contribution in [0.2, 0.25) is 0 Å². The van der Waals surface area contributed by atoms with Gasteiger partial charge >= 0.3 is 6.03 Å². The number of urea groups is 1. The molecule has 4 aliphatic heterocycles. The van der Waals surface area contributed by atoms with Gasteiger partial charge in [-0.05, 0) is 73.9 Å². The monoisotopic (exact) mass is 683 g/mol. The van der Waals surface area contributed by atoms with Crippen LogP contribution in [0.15, 0.2) is 66.1 Å². The van der Waals surface area contributed by atoms with Gasteiger partial charge in [0.1, 0.15) is 11.4 Å². The van der Waals surface area contributed by atoms with Gasteiger partial charge in [-0.25, -0.2) is 22.7 Å². The molecule has 2 aromatic rings. The van der Waals surface area contributed by atoms with Gasteiger partial charge in [-0.15, -0.1) is 6.58 Å². The van der Waals surface area contributed by atoms with Crippen molar-refractivity contribution in [3.8, 4) is 0 Å². The Labute approximate surface area is 281 Å². The first-order chi connectivity index (χ1) is 23.0. The molecule has 6 rings (SSSR count). The van der Waals surface area contributed by atoms with E-state index in [0.717, 1.165) is 31.2 Å². The van der Waals surface area contributed by atoms with Gasteiger partial charge in [0.2, 0.25) is 15.9 Å². The van der Waals surface area contributed by atoms with Gasteiger partial charge < -0.3 is 25.0 Å². The van der Waals surface area contributed by atoms with Crippen molar-refractivity contribution < 1.29 is 32.2 Å². The van der Waals surface area contributed by atoms with Crippen molar-refractivity contribution in [3.05, 3.63) is 78.1 Å². The average Bonchev–Trinajstić information content (AvgIpc) is 3.53. The number of halogens is 1. The van der Waals surface area contributed by atoms with E-state index in [-0.39, 0.29) is 59.9 Å². The van der Waals surface area contributed by atoms with Crippen LogP contribution >= 0.6 is 0 Å². The number of carbonyl (C=O) groups is 2. The molecule has 260 valence electrons. The van der Waals surface area contributed by atoms with Crippen molar-refractivity contribution >= 4 is 22.0 Å². The highest BCUT2D eigenvalue weighted by Crippen LogP contribution is 2.43. The standard InChI is InChI=1S/C35H46FN5O6S/c1-2-14-40(34(43)38-20-24-6-10-32(11-7-24)48(37,45)46)31-18-29-8-9-30(19-31)41(29)22-27-21-39(33(42)25-12-15-47-16-13-25)23-35(27,44)26-4-3-5-28(36)17-26/h2-7,10-11,17,25,27,29-31,44H,1,8-9,12-16,18-23H2,(H,38,43)(H2,37,45,46)/t27-,29?,30?,31?,35+/m1/s1. The first kappa shape index (κ1) is 34.5. The number of hydrogen-bond acceptors (Lipinski definition) is 7. The van der Waals surface area contributed by atoms with Crippen molar-refractivity contribution in [1.82, 2.24) is 20.0 Å². The minimum Gasteiger partial charge on any atom is -0.383 e. The zero-order chi connectivity index (χ0) is 34.1. The second-order valence-electron chi connectivity index (χ2n) is 13.7. The molecule has 2 aromatic carbocycles. The molecule has 0 spiro atoms. The normalized spacial score (nSPS) is 27.9. The summed E-state index contributed by atoms with van der Waals surface area (Å²) < 4.78 is 43.0. The number of rotatable bonds is 10. The fourth-order valence-corrected chi connectivity index (χ4v) is 8.75. The number of nitrogens with one attached hydrogen (secondary N) is 1. The topological polar surface area (TPSA) is 146 Å². The number of sulfonamides is 1. The van der Waals surface area contributed by atoms with Crippen molar-refractivity contribution in [3.63, 3.8) is 0 Å². The van der Waals surface area contributed by atoms with Crippen molar-refractivity contribution in [2.24, 2.45) is 17.0 Å². The second-order valence-corrected chi connectivity index (χ2v) is 15.3. The van der Waals surface area contributed by atoms with Crippen LogP contribution in [0.1, 0.15) is 49.7 Å². The van der Waals surface area contributed by atoms with E-state index in [4.69, 9.17) is 9.88 Å². The molecule has 4 fully saturated rings.